The minimum atomic E-state index is -0.874. The van der Waals surface area contributed by atoms with Gasteiger partial charge in [0, 0.05) is 63.6 Å². The topological polar surface area (TPSA) is 195 Å². The molecule has 2 saturated heterocycles. The third-order valence-corrected chi connectivity index (χ3v) is 7.45. The molecule has 5 rings (SSSR count). The lowest BCUT2D eigenvalue weighted by molar-refractivity contribution is -0.132. The summed E-state index contributed by atoms with van der Waals surface area (Å²) in [6, 6.07) is 1.23. The third kappa shape index (κ3) is 7.35. The molecular formula is C27H38FN11O3. The lowest BCUT2D eigenvalue weighted by Crippen LogP contribution is -2.59. The molecule has 0 saturated carbocycles. The van der Waals surface area contributed by atoms with Gasteiger partial charge in [-0.1, -0.05) is 0 Å². The van der Waals surface area contributed by atoms with Crippen LogP contribution in [-0.2, 0) is 9.53 Å². The average Bonchev–Trinajstić information content (AvgIpc) is 3.27. The number of carbonyl (C=O) groups excluding carboxylic acids is 2. The van der Waals surface area contributed by atoms with Crippen LogP contribution < -0.4 is 32.7 Å². The van der Waals surface area contributed by atoms with E-state index in [1.165, 1.54) is 16.7 Å². The maximum Gasteiger partial charge on any atom is 0.275 e. The van der Waals surface area contributed by atoms with E-state index in [1.807, 2.05) is 0 Å². The van der Waals surface area contributed by atoms with Crippen molar-refractivity contribution in [1.82, 2.24) is 29.6 Å². The van der Waals surface area contributed by atoms with Gasteiger partial charge in [0.2, 0.25) is 5.91 Å². The fourth-order valence-corrected chi connectivity index (χ4v) is 5.13. The van der Waals surface area contributed by atoms with Gasteiger partial charge >= 0.3 is 0 Å². The van der Waals surface area contributed by atoms with Gasteiger partial charge in [0.25, 0.3) is 5.91 Å². The maximum atomic E-state index is 14.3. The van der Waals surface area contributed by atoms with E-state index in [2.05, 4.69) is 35.4 Å². The smallest absolute Gasteiger partial charge is 0.275 e. The summed E-state index contributed by atoms with van der Waals surface area (Å²) < 4.78 is 21.5. The Bertz CT molecular complexity index is 1400. The first-order valence-corrected chi connectivity index (χ1v) is 14.0. The molecule has 0 spiro atoms. The van der Waals surface area contributed by atoms with Crippen molar-refractivity contribution in [3.63, 3.8) is 0 Å². The zero-order valence-corrected chi connectivity index (χ0v) is 23.6. The van der Waals surface area contributed by atoms with Crippen molar-refractivity contribution < 1.29 is 18.7 Å². The molecule has 0 radical (unpaired) electrons. The number of carbonyl (C=O) groups is 2. The highest BCUT2D eigenvalue weighted by molar-refractivity contribution is 6.02. The van der Waals surface area contributed by atoms with Gasteiger partial charge in [0.1, 0.15) is 18.1 Å². The van der Waals surface area contributed by atoms with Gasteiger partial charge in [-0.15, -0.1) is 0 Å². The van der Waals surface area contributed by atoms with Gasteiger partial charge in [0.05, 0.1) is 35.5 Å². The van der Waals surface area contributed by atoms with E-state index in [1.54, 1.807) is 25.5 Å². The normalized spacial score (nSPS) is 16.4. The van der Waals surface area contributed by atoms with Crippen molar-refractivity contribution in [3.05, 3.63) is 48.1 Å². The Morgan fingerprint density at radius 2 is 1.93 bits per heavy atom. The van der Waals surface area contributed by atoms with Crippen LogP contribution in [0.25, 0.3) is 5.65 Å². The van der Waals surface area contributed by atoms with Gasteiger partial charge in [0.15, 0.2) is 11.5 Å². The number of nitrogens with two attached hydrogens (primary N) is 3. The number of pyridine rings is 1. The number of nitrogens with one attached hydrogen (secondary N) is 2. The Labute approximate surface area is 242 Å². The Kier molecular flexibility index (Phi) is 8.93. The predicted molar refractivity (Wildman–Crippen MR) is 154 cm³/mol. The molecule has 0 atom stereocenters. The number of likely N-dealkylation sites (tertiary alicyclic amines) is 1. The number of imidazole rings is 1. The lowest BCUT2D eigenvalue weighted by atomic mass is 9.97. The van der Waals surface area contributed by atoms with Crippen LogP contribution in [0.15, 0.2) is 30.9 Å². The minimum Gasteiger partial charge on any atom is -0.366 e. The first kappa shape index (κ1) is 29.7. The maximum absolute atomic E-state index is 14.3. The molecular weight excluding hydrogens is 545 g/mol. The van der Waals surface area contributed by atoms with Crippen LogP contribution in [0.1, 0.15) is 29.0 Å². The van der Waals surface area contributed by atoms with Gasteiger partial charge in [-0.3, -0.25) is 14.5 Å². The van der Waals surface area contributed by atoms with Crippen molar-refractivity contribution in [1.29, 1.82) is 0 Å². The van der Waals surface area contributed by atoms with Crippen LogP contribution in [0, 0.1) is 18.7 Å². The number of aryl methyl sites for hydroxylation is 1. The largest absolute Gasteiger partial charge is 0.366 e. The van der Waals surface area contributed by atoms with Crippen molar-refractivity contribution in [2.45, 2.75) is 31.5 Å². The first-order valence-electron chi connectivity index (χ1n) is 14.0. The number of fused-ring (bicyclic) bond motifs is 1. The highest BCUT2D eigenvalue weighted by atomic mass is 19.1. The van der Waals surface area contributed by atoms with Crippen LogP contribution >= 0.6 is 0 Å². The van der Waals surface area contributed by atoms with Crippen LogP contribution in [0.4, 0.5) is 15.9 Å². The Morgan fingerprint density at radius 1 is 1.14 bits per heavy atom. The second-order valence-corrected chi connectivity index (χ2v) is 11.2. The number of halogens is 1. The number of hydrogen-bond donors (Lipinski definition) is 5. The molecule has 2 fully saturated rings. The van der Waals surface area contributed by atoms with E-state index in [4.69, 9.17) is 21.9 Å². The molecule has 2 aliphatic heterocycles. The second kappa shape index (κ2) is 12.6. The van der Waals surface area contributed by atoms with Crippen molar-refractivity contribution in [2.75, 3.05) is 62.6 Å². The van der Waals surface area contributed by atoms with E-state index in [0.29, 0.717) is 49.0 Å². The van der Waals surface area contributed by atoms with Crippen LogP contribution in [0.2, 0.25) is 0 Å². The lowest BCUT2D eigenvalue weighted by Gasteiger charge is -2.46. The summed E-state index contributed by atoms with van der Waals surface area (Å²) in [5.74, 6) is -0.00749. The SMILES string of the molecule is Cc1cn2cc(NC(=O)c3cnc(N4CC(CN5CC(OCC(=O)NCCC(N)(N)CCN)C5)C4)cn3)cc(F)c2n1. The summed E-state index contributed by atoms with van der Waals surface area (Å²) in [5.41, 5.74) is 17.7. The molecule has 0 bridgehead atoms. The van der Waals surface area contributed by atoms with Gasteiger partial charge in [-0.25, -0.2) is 19.3 Å². The van der Waals surface area contributed by atoms with E-state index < -0.39 is 17.4 Å². The highest BCUT2D eigenvalue weighted by Crippen LogP contribution is 2.25. The van der Waals surface area contributed by atoms with Crippen molar-refractivity contribution in [2.24, 2.45) is 23.1 Å². The Balaban J connectivity index is 0.975. The van der Waals surface area contributed by atoms with Crippen LogP contribution in [-0.4, -0.2) is 100 Å². The van der Waals surface area contributed by atoms with E-state index >= 15 is 0 Å². The number of ether oxygens (including phenoxy) is 1. The highest BCUT2D eigenvalue weighted by Gasteiger charge is 2.35. The number of anilines is 2. The fourth-order valence-electron chi connectivity index (χ4n) is 5.13. The summed E-state index contributed by atoms with van der Waals surface area (Å²) in [7, 11) is 0. The number of rotatable bonds is 13. The zero-order chi connectivity index (χ0) is 29.9. The minimum absolute atomic E-state index is 0.0118. The first-order chi connectivity index (χ1) is 20.1. The van der Waals surface area contributed by atoms with Gasteiger partial charge in [-0.05, 0) is 26.3 Å². The Morgan fingerprint density at radius 3 is 2.64 bits per heavy atom. The summed E-state index contributed by atoms with van der Waals surface area (Å²) in [6.07, 6.45) is 7.25. The van der Waals surface area contributed by atoms with E-state index in [9.17, 15) is 14.0 Å². The summed E-state index contributed by atoms with van der Waals surface area (Å²) in [4.78, 5) is 41.8. The molecule has 14 nitrogen and oxygen atoms in total. The molecule has 2 amide bonds. The summed E-state index contributed by atoms with van der Waals surface area (Å²) in [5, 5.41) is 5.44. The zero-order valence-electron chi connectivity index (χ0n) is 23.6. The van der Waals surface area contributed by atoms with E-state index in [0.717, 1.165) is 32.7 Å². The van der Waals surface area contributed by atoms with Crippen molar-refractivity contribution >= 4 is 29.0 Å². The van der Waals surface area contributed by atoms with Crippen LogP contribution in [0.5, 0.6) is 0 Å². The molecule has 3 aromatic heterocycles. The number of aromatic nitrogens is 4. The number of nitrogens with zero attached hydrogens (tertiary/aromatic N) is 6. The molecule has 42 heavy (non-hydrogen) atoms. The predicted octanol–water partition coefficient (Wildman–Crippen LogP) is -0.570. The quantitative estimate of drug-likeness (QED) is 0.162. The molecule has 0 unspecified atom stereocenters. The molecule has 0 aromatic carbocycles. The second-order valence-electron chi connectivity index (χ2n) is 11.2. The van der Waals surface area contributed by atoms with Crippen LogP contribution in [0.3, 0.4) is 0 Å². The molecule has 15 heteroatoms. The monoisotopic (exact) mass is 583 g/mol. The van der Waals surface area contributed by atoms with Gasteiger partial charge < -0.3 is 41.9 Å². The van der Waals surface area contributed by atoms with Crippen molar-refractivity contribution in [3.8, 4) is 0 Å². The molecule has 3 aromatic rings. The summed E-state index contributed by atoms with van der Waals surface area (Å²) in [6.45, 7) is 6.75. The Hall–Kier alpha value is -3.76. The van der Waals surface area contributed by atoms with E-state index in [-0.39, 0.29) is 30.0 Å². The molecule has 0 aliphatic carbocycles. The number of amides is 2. The fraction of sp³-hybridized carbons (Fsp3) is 0.519. The summed E-state index contributed by atoms with van der Waals surface area (Å²) >= 11 is 0. The average molecular weight is 584 g/mol. The third-order valence-electron chi connectivity index (χ3n) is 7.45. The molecule has 226 valence electrons. The molecule has 8 N–H and O–H groups in total. The molecule has 5 heterocycles. The number of hydrogen-bond acceptors (Lipinski definition) is 11. The van der Waals surface area contributed by atoms with Gasteiger partial charge in [-0.2, -0.15) is 0 Å². The molecule has 2 aliphatic rings. The standard InChI is InChI=1S/C27H38FN11O3/c1-17-9-39-13-19(6-21(28)25(39)35-17)36-26(41)22-7-34-23(8-33-22)38-11-18(12-38)10-37-14-20(15-37)42-16-24(40)32-5-3-27(30,31)2-4-29/h6-9,13,18,20H,2-5,10-12,14-16,29-31H2,1H3,(H,32,40)(H,36,41).